The van der Waals surface area contributed by atoms with Crippen LogP contribution in [0.1, 0.15) is 37.0 Å². The van der Waals surface area contributed by atoms with Crippen LogP contribution in [0.2, 0.25) is 0 Å². The zero-order valence-electron chi connectivity index (χ0n) is 11.2. The SMILES string of the molecule is CCC(CC)CNC(=O)c1cc([N+](=O)[O-])ccc1N. The summed E-state index contributed by atoms with van der Waals surface area (Å²) in [6.07, 6.45) is 1.95. The third-order valence-corrected chi connectivity index (χ3v) is 3.20. The Balaban J connectivity index is 2.81. The molecule has 19 heavy (non-hydrogen) atoms. The Labute approximate surface area is 112 Å². The molecule has 0 aromatic heterocycles. The molecule has 0 saturated carbocycles. The summed E-state index contributed by atoms with van der Waals surface area (Å²) in [5.74, 6) is 0.0389. The number of amides is 1. The van der Waals surface area contributed by atoms with Gasteiger partial charge in [0.25, 0.3) is 11.6 Å². The Bertz CT molecular complexity index is 470. The molecule has 6 heteroatoms. The van der Waals surface area contributed by atoms with Crippen molar-refractivity contribution in [3.05, 3.63) is 33.9 Å². The van der Waals surface area contributed by atoms with Crippen LogP contribution >= 0.6 is 0 Å². The van der Waals surface area contributed by atoms with Gasteiger partial charge < -0.3 is 11.1 Å². The van der Waals surface area contributed by atoms with Crippen LogP contribution in [0.3, 0.4) is 0 Å². The predicted octanol–water partition coefficient (Wildman–Crippen LogP) is 2.34. The monoisotopic (exact) mass is 265 g/mol. The van der Waals surface area contributed by atoms with Gasteiger partial charge in [0.05, 0.1) is 10.5 Å². The van der Waals surface area contributed by atoms with Gasteiger partial charge in [-0.2, -0.15) is 0 Å². The largest absolute Gasteiger partial charge is 0.398 e. The summed E-state index contributed by atoms with van der Waals surface area (Å²) in [4.78, 5) is 22.1. The minimum atomic E-state index is -0.545. The van der Waals surface area contributed by atoms with Crippen molar-refractivity contribution in [1.29, 1.82) is 0 Å². The standard InChI is InChI=1S/C13H19N3O3/c1-3-9(4-2)8-15-13(17)11-7-10(16(18)19)5-6-12(11)14/h5-7,9H,3-4,8,14H2,1-2H3,(H,15,17). The summed E-state index contributed by atoms with van der Waals surface area (Å²) < 4.78 is 0. The first-order valence-corrected chi connectivity index (χ1v) is 6.31. The maximum atomic E-state index is 12.0. The molecule has 0 aliphatic rings. The van der Waals surface area contributed by atoms with E-state index in [0.29, 0.717) is 12.5 Å². The van der Waals surface area contributed by atoms with Crippen molar-refractivity contribution in [2.24, 2.45) is 5.92 Å². The number of carbonyl (C=O) groups is 1. The van der Waals surface area contributed by atoms with Gasteiger partial charge in [-0.1, -0.05) is 26.7 Å². The highest BCUT2D eigenvalue weighted by molar-refractivity contribution is 5.99. The number of carbonyl (C=O) groups excluding carboxylic acids is 1. The maximum Gasteiger partial charge on any atom is 0.270 e. The van der Waals surface area contributed by atoms with Crippen LogP contribution in [0.4, 0.5) is 11.4 Å². The first kappa shape index (κ1) is 14.9. The van der Waals surface area contributed by atoms with Crippen molar-refractivity contribution >= 4 is 17.3 Å². The fraction of sp³-hybridized carbons (Fsp3) is 0.462. The second-order valence-electron chi connectivity index (χ2n) is 4.42. The molecule has 1 rings (SSSR count). The second-order valence-corrected chi connectivity index (χ2v) is 4.42. The lowest BCUT2D eigenvalue weighted by atomic mass is 10.0. The second kappa shape index (κ2) is 6.72. The van der Waals surface area contributed by atoms with Crippen LogP contribution in [0.5, 0.6) is 0 Å². The zero-order valence-corrected chi connectivity index (χ0v) is 11.2. The summed E-state index contributed by atoms with van der Waals surface area (Å²) in [7, 11) is 0. The Morgan fingerprint density at radius 3 is 2.58 bits per heavy atom. The first-order chi connectivity index (χ1) is 8.99. The highest BCUT2D eigenvalue weighted by atomic mass is 16.6. The van der Waals surface area contributed by atoms with E-state index in [1.165, 1.54) is 18.2 Å². The summed E-state index contributed by atoms with van der Waals surface area (Å²) in [5.41, 5.74) is 5.94. The maximum absolute atomic E-state index is 12.0. The van der Waals surface area contributed by atoms with Gasteiger partial charge in [0.1, 0.15) is 0 Å². The zero-order chi connectivity index (χ0) is 14.4. The first-order valence-electron chi connectivity index (χ1n) is 6.31. The van der Waals surface area contributed by atoms with Crippen molar-refractivity contribution in [3.63, 3.8) is 0 Å². The number of nitro groups is 1. The van der Waals surface area contributed by atoms with Gasteiger partial charge >= 0.3 is 0 Å². The number of nitrogens with zero attached hydrogens (tertiary/aromatic N) is 1. The van der Waals surface area contributed by atoms with Crippen LogP contribution in [-0.4, -0.2) is 17.4 Å². The van der Waals surface area contributed by atoms with E-state index in [4.69, 9.17) is 5.73 Å². The summed E-state index contributed by atoms with van der Waals surface area (Å²) >= 11 is 0. The topological polar surface area (TPSA) is 98.3 Å². The predicted molar refractivity (Wildman–Crippen MR) is 73.9 cm³/mol. The van der Waals surface area contributed by atoms with Crippen molar-refractivity contribution in [3.8, 4) is 0 Å². The molecular formula is C13H19N3O3. The Kier molecular flexibility index (Phi) is 5.29. The van der Waals surface area contributed by atoms with Gasteiger partial charge in [-0.25, -0.2) is 0 Å². The lowest BCUT2D eigenvalue weighted by Gasteiger charge is -2.13. The third kappa shape index (κ3) is 3.94. The Morgan fingerprint density at radius 2 is 2.05 bits per heavy atom. The molecule has 0 fully saturated rings. The number of non-ortho nitro benzene ring substituents is 1. The third-order valence-electron chi connectivity index (χ3n) is 3.20. The van der Waals surface area contributed by atoms with E-state index in [1.54, 1.807) is 0 Å². The fourth-order valence-electron chi connectivity index (χ4n) is 1.76. The van der Waals surface area contributed by atoms with E-state index in [1.807, 2.05) is 0 Å². The smallest absolute Gasteiger partial charge is 0.270 e. The molecule has 1 aromatic rings. The van der Waals surface area contributed by atoms with Crippen molar-refractivity contribution in [2.45, 2.75) is 26.7 Å². The van der Waals surface area contributed by atoms with Crippen LogP contribution in [0.15, 0.2) is 18.2 Å². The van der Waals surface area contributed by atoms with Gasteiger partial charge in [-0.3, -0.25) is 14.9 Å². The average molecular weight is 265 g/mol. The van der Waals surface area contributed by atoms with Gasteiger partial charge in [0, 0.05) is 24.4 Å². The average Bonchev–Trinajstić information content (AvgIpc) is 2.39. The van der Waals surface area contributed by atoms with E-state index in [0.717, 1.165) is 12.8 Å². The van der Waals surface area contributed by atoms with Crippen molar-refractivity contribution < 1.29 is 9.72 Å². The van der Waals surface area contributed by atoms with Crippen molar-refractivity contribution in [1.82, 2.24) is 5.32 Å². The molecule has 0 aliphatic carbocycles. The molecule has 104 valence electrons. The molecular weight excluding hydrogens is 246 g/mol. The van der Waals surface area contributed by atoms with E-state index in [2.05, 4.69) is 19.2 Å². The number of rotatable bonds is 6. The van der Waals surface area contributed by atoms with Crippen LogP contribution in [-0.2, 0) is 0 Å². The van der Waals surface area contributed by atoms with Gasteiger partial charge in [-0.15, -0.1) is 0 Å². The number of nitro benzene ring substituents is 1. The number of anilines is 1. The molecule has 0 unspecified atom stereocenters. The summed E-state index contributed by atoms with van der Waals surface area (Å²) in [6.45, 7) is 4.66. The molecule has 0 spiro atoms. The lowest BCUT2D eigenvalue weighted by Crippen LogP contribution is -2.29. The number of hydrogen-bond acceptors (Lipinski definition) is 4. The minimum Gasteiger partial charge on any atom is -0.398 e. The summed E-state index contributed by atoms with van der Waals surface area (Å²) in [5, 5.41) is 13.4. The highest BCUT2D eigenvalue weighted by Crippen LogP contribution is 2.19. The molecule has 1 aromatic carbocycles. The highest BCUT2D eigenvalue weighted by Gasteiger charge is 2.15. The van der Waals surface area contributed by atoms with E-state index in [9.17, 15) is 14.9 Å². The summed E-state index contributed by atoms with van der Waals surface area (Å²) in [6, 6.07) is 3.87. The molecule has 0 bridgehead atoms. The van der Waals surface area contributed by atoms with Crippen LogP contribution in [0.25, 0.3) is 0 Å². The molecule has 0 saturated heterocycles. The molecule has 0 atom stereocenters. The number of benzene rings is 1. The van der Waals surface area contributed by atoms with Crippen molar-refractivity contribution in [2.75, 3.05) is 12.3 Å². The number of nitrogen functional groups attached to an aromatic ring is 1. The van der Waals surface area contributed by atoms with E-state index in [-0.39, 0.29) is 22.8 Å². The normalized spacial score (nSPS) is 10.5. The molecule has 0 radical (unpaired) electrons. The van der Waals surface area contributed by atoms with Gasteiger partial charge in [0.2, 0.25) is 0 Å². The van der Waals surface area contributed by atoms with E-state index < -0.39 is 4.92 Å². The van der Waals surface area contributed by atoms with Crippen LogP contribution in [0, 0.1) is 16.0 Å². The van der Waals surface area contributed by atoms with Crippen LogP contribution < -0.4 is 11.1 Å². The Morgan fingerprint density at radius 1 is 1.42 bits per heavy atom. The van der Waals surface area contributed by atoms with E-state index >= 15 is 0 Å². The molecule has 0 heterocycles. The molecule has 1 amide bonds. The quantitative estimate of drug-likeness (QED) is 0.468. The molecule has 6 nitrogen and oxygen atoms in total. The number of nitrogens with two attached hydrogens (primary N) is 1. The minimum absolute atomic E-state index is 0.137. The number of nitrogens with one attached hydrogen (secondary N) is 1. The molecule has 0 aliphatic heterocycles. The van der Waals surface area contributed by atoms with Gasteiger partial charge in [0.15, 0.2) is 0 Å². The Hall–Kier alpha value is -2.11. The van der Waals surface area contributed by atoms with Gasteiger partial charge in [-0.05, 0) is 12.0 Å². The number of hydrogen-bond donors (Lipinski definition) is 2. The molecule has 3 N–H and O–H groups in total. The fourth-order valence-corrected chi connectivity index (χ4v) is 1.76. The lowest BCUT2D eigenvalue weighted by molar-refractivity contribution is -0.384.